The van der Waals surface area contributed by atoms with E-state index < -0.39 is 0 Å². The Morgan fingerprint density at radius 3 is 2.18 bits per heavy atom. The van der Waals surface area contributed by atoms with Crippen LogP contribution in [0, 0.1) is 5.41 Å². The summed E-state index contributed by atoms with van der Waals surface area (Å²) in [5, 5.41) is 3.60. The molecule has 17 heavy (non-hydrogen) atoms. The van der Waals surface area contributed by atoms with Crippen molar-refractivity contribution in [1.82, 2.24) is 10.2 Å². The van der Waals surface area contributed by atoms with E-state index in [2.05, 4.69) is 51.8 Å². The molecule has 0 radical (unpaired) electrons. The maximum atomic E-state index is 5.19. The molecule has 0 fully saturated rings. The van der Waals surface area contributed by atoms with Crippen molar-refractivity contribution in [3.05, 3.63) is 0 Å². The van der Waals surface area contributed by atoms with Gasteiger partial charge in [-0.05, 0) is 25.8 Å². The summed E-state index contributed by atoms with van der Waals surface area (Å²) in [6.45, 7) is 17.5. The van der Waals surface area contributed by atoms with Crippen LogP contribution >= 0.6 is 0 Å². The zero-order chi connectivity index (χ0) is 13.5. The number of hydrogen-bond acceptors (Lipinski definition) is 3. The molecule has 0 aliphatic rings. The van der Waals surface area contributed by atoms with Crippen LogP contribution in [0.25, 0.3) is 0 Å². The molecular formula is C14H32N2O. The second kappa shape index (κ2) is 8.06. The van der Waals surface area contributed by atoms with Crippen molar-refractivity contribution >= 4 is 0 Å². The number of methoxy groups -OCH3 is 1. The molecule has 0 saturated carbocycles. The standard InChI is InChI=1S/C14H32N2O/c1-8-15-13(14(4,5)6)11-16(12(2)3)9-10-17-7/h12-13,15H,8-11H2,1-7H3. The van der Waals surface area contributed by atoms with E-state index in [-0.39, 0.29) is 5.41 Å². The zero-order valence-corrected chi connectivity index (χ0v) is 12.8. The van der Waals surface area contributed by atoms with E-state index in [0.717, 1.165) is 26.2 Å². The molecule has 3 heteroatoms. The molecule has 104 valence electrons. The minimum atomic E-state index is 0.288. The van der Waals surface area contributed by atoms with E-state index in [1.807, 2.05) is 0 Å². The average molecular weight is 244 g/mol. The zero-order valence-electron chi connectivity index (χ0n) is 12.8. The van der Waals surface area contributed by atoms with E-state index in [9.17, 15) is 0 Å². The summed E-state index contributed by atoms with van der Waals surface area (Å²) >= 11 is 0. The van der Waals surface area contributed by atoms with Crippen molar-refractivity contribution in [3.8, 4) is 0 Å². The lowest BCUT2D eigenvalue weighted by atomic mass is 9.86. The van der Waals surface area contributed by atoms with Gasteiger partial charge in [0.2, 0.25) is 0 Å². The topological polar surface area (TPSA) is 24.5 Å². The number of nitrogens with zero attached hydrogens (tertiary/aromatic N) is 1. The van der Waals surface area contributed by atoms with E-state index in [4.69, 9.17) is 4.74 Å². The molecule has 0 amide bonds. The summed E-state index contributed by atoms with van der Waals surface area (Å²) in [6.07, 6.45) is 0. The predicted molar refractivity (Wildman–Crippen MR) is 75.5 cm³/mol. The van der Waals surface area contributed by atoms with E-state index in [1.165, 1.54) is 0 Å². The maximum absolute atomic E-state index is 5.19. The summed E-state index contributed by atoms with van der Waals surface area (Å²) in [6, 6.07) is 1.08. The first-order chi connectivity index (χ1) is 7.82. The quantitative estimate of drug-likeness (QED) is 0.709. The first-order valence-corrected chi connectivity index (χ1v) is 6.79. The van der Waals surface area contributed by atoms with Crippen LogP contribution in [0.2, 0.25) is 0 Å². The molecule has 0 aromatic heterocycles. The van der Waals surface area contributed by atoms with Crippen LogP contribution in [-0.2, 0) is 4.74 Å². The third kappa shape index (κ3) is 7.02. The molecule has 1 N–H and O–H groups in total. The van der Waals surface area contributed by atoms with Crippen LogP contribution in [0.5, 0.6) is 0 Å². The largest absolute Gasteiger partial charge is 0.383 e. The van der Waals surface area contributed by atoms with Gasteiger partial charge in [-0.1, -0.05) is 27.7 Å². The Hall–Kier alpha value is -0.120. The first kappa shape index (κ1) is 16.9. The van der Waals surface area contributed by atoms with Gasteiger partial charge in [-0.15, -0.1) is 0 Å². The average Bonchev–Trinajstić information content (AvgIpc) is 2.20. The van der Waals surface area contributed by atoms with Gasteiger partial charge in [0.15, 0.2) is 0 Å². The molecule has 0 saturated heterocycles. The highest BCUT2D eigenvalue weighted by Crippen LogP contribution is 2.20. The van der Waals surface area contributed by atoms with Gasteiger partial charge >= 0.3 is 0 Å². The van der Waals surface area contributed by atoms with Crippen molar-refractivity contribution in [1.29, 1.82) is 0 Å². The van der Waals surface area contributed by atoms with Crippen LogP contribution < -0.4 is 5.32 Å². The molecule has 0 rings (SSSR count). The van der Waals surface area contributed by atoms with Crippen LogP contribution in [0.3, 0.4) is 0 Å². The van der Waals surface area contributed by atoms with Gasteiger partial charge < -0.3 is 10.1 Å². The highest BCUT2D eigenvalue weighted by atomic mass is 16.5. The number of rotatable bonds is 8. The molecule has 1 unspecified atom stereocenters. The van der Waals surface area contributed by atoms with Gasteiger partial charge in [-0.25, -0.2) is 0 Å². The third-order valence-electron chi connectivity index (χ3n) is 3.23. The Labute approximate surface area is 108 Å². The summed E-state index contributed by atoms with van der Waals surface area (Å²) in [5.74, 6) is 0. The van der Waals surface area contributed by atoms with E-state index in [1.54, 1.807) is 7.11 Å². The normalized spacial score (nSPS) is 14.6. The first-order valence-electron chi connectivity index (χ1n) is 6.79. The molecule has 0 aromatic rings. The second-order valence-electron chi connectivity index (χ2n) is 6.06. The molecule has 0 spiro atoms. The summed E-state index contributed by atoms with van der Waals surface area (Å²) in [5.41, 5.74) is 0.288. The van der Waals surface area contributed by atoms with E-state index >= 15 is 0 Å². The fraction of sp³-hybridized carbons (Fsp3) is 1.00. The van der Waals surface area contributed by atoms with Crippen LogP contribution in [0.4, 0.5) is 0 Å². The Bertz CT molecular complexity index is 187. The molecule has 0 aliphatic heterocycles. The Morgan fingerprint density at radius 1 is 1.24 bits per heavy atom. The lowest BCUT2D eigenvalue weighted by Gasteiger charge is -2.37. The van der Waals surface area contributed by atoms with Crippen molar-refractivity contribution in [2.24, 2.45) is 5.41 Å². The lowest BCUT2D eigenvalue weighted by molar-refractivity contribution is 0.102. The highest BCUT2D eigenvalue weighted by Gasteiger charge is 2.26. The fourth-order valence-electron chi connectivity index (χ4n) is 1.89. The smallest absolute Gasteiger partial charge is 0.0589 e. The number of ether oxygens (including phenoxy) is 1. The molecular weight excluding hydrogens is 212 g/mol. The number of nitrogens with one attached hydrogen (secondary N) is 1. The predicted octanol–water partition coefficient (Wildman–Crippen LogP) is 2.37. The van der Waals surface area contributed by atoms with Crippen LogP contribution in [0.1, 0.15) is 41.5 Å². The van der Waals surface area contributed by atoms with Crippen molar-refractivity contribution in [3.63, 3.8) is 0 Å². The minimum Gasteiger partial charge on any atom is -0.383 e. The Balaban J connectivity index is 4.45. The van der Waals surface area contributed by atoms with Gasteiger partial charge in [0.1, 0.15) is 0 Å². The van der Waals surface area contributed by atoms with Gasteiger partial charge in [-0.3, -0.25) is 4.90 Å². The van der Waals surface area contributed by atoms with Crippen molar-refractivity contribution < 1.29 is 4.74 Å². The lowest BCUT2D eigenvalue weighted by Crippen LogP contribution is -2.50. The fourth-order valence-corrected chi connectivity index (χ4v) is 1.89. The van der Waals surface area contributed by atoms with Crippen LogP contribution in [-0.4, -0.2) is 50.3 Å². The van der Waals surface area contributed by atoms with Crippen molar-refractivity contribution in [2.75, 3.05) is 33.4 Å². The summed E-state index contributed by atoms with van der Waals surface area (Å²) in [4.78, 5) is 2.49. The molecule has 0 heterocycles. The molecule has 0 bridgehead atoms. The molecule has 0 aliphatic carbocycles. The highest BCUT2D eigenvalue weighted by molar-refractivity contribution is 4.84. The van der Waals surface area contributed by atoms with Crippen molar-refractivity contribution in [2.45, 2.75) is 53.6 Å². The van der Waals surface area contributed by atoms with Crippen LogP contribution in [0.15, 0.2) is 0 Å². The molecule has 0 aromatic carbocycles. The molecule has 1 atom stereocenters. The van der Waals surface area contributed by atoms with Gasteiger partial charge in [-0.2, -0.15) is 0 Å². The second-order valence-corrected chi connectivity index (χ2v) is 6.06. The Kier molecular flexibility index (Phi) is 8.01. The molecule has 3 nitrogen and oxygen atoms in total. The number of hydrogen-bond donors (Lipinski definition) is 1. The van der Waals surface area contributed by atoms with Gasteiger partial charge in [0, 0.05) is 32.3 Å². The van der Waals surface area contributed by atoms with E-state index in [0.29, 0.717) is 12.1 Å². The SMILES string of the molecule is CCNC(CN(CCOC)C(C)C)C(C)(C)C. The van der Waals surface area contributed by atoms with Gasteiger partial charge in [0.05, 0.1) is 6.61 Å². The summed E-state index contributed by atoms with van der Waals surface area (Å²) in [7, 11) is 1.77. The maximum Gasteiger partial charge on any atom is 0.0589 e. The van der Waals surface area contributed by atoms with Gasteiger partial charge in [0.25, 0.3) is 0 Å². The monoisotopic (exact) mass is 244 g/mol. The number of likely N-dealkylation sites (N-methyl/N-ethyl adjacent to an activating group) is 1. The minimum absolute atomic E-state index is 0.288. The summed E-state index contributed by atoms with van der Waals surface area (Å²) < 4.78 is 5.19. The third-order valence-corrected chi connectivity index (χ3v) is 3.23. The Morgan fingerprint density at radius 2 is 1.82 bits per heavy atom.